The average Bonchev–Trinajstić information content (AvgIpc) is 3.39. The summed E-state index contributed by atoms with van der Waals surface area (Å²) >= 11 is 1.26. The molecule has 0 spiro atoms. The van der Waals surface area contributed by atoms with Gasteiger partial charge in [-0.05, 0) is 43.6 Å². The predicted octanol–water partition coefficient (Wildman–Crippen LogP) is 3.08. The van der Waals surface area contributed by atoms with Gasteiger partial charge in [0, 0.05) is 18.0 Å². The highest BCUT2D eigenvalue weighted by molar-refractivity contribution is 7.88. The molecule has 4 rings (SSSR count). The van der Waals surface area contributed by atoms with Crippen LogP contribution in [0.4, 0.5) is 5.13 Å². The van der Waals surface area contributed by atoms with Crippen molar-refractivity contribution in [3.63, 3.8) is 0 Å². The van der Waals surface area contributed by atoms with Crippen LogP contribution in [0.2, 0.25) is 0 Å². The first kappa shape index (κ1) is 23.2. The van der Waals surface area contributed by atoms with Crippen LogP contribution in [0.3, 0.4) is 0 Å². The number of rotatable bonds is 8. The first-order valence-corrected chi connectivity index (χ1v) is 13.7. The molecule has 0 unspecified atom stereocenters. The molecule has 2 aliphatic rings. The van der Waals surface area contributed by atoms with Crippen molar-refractivity contribution in [1.82, 2.24) is 9.71 Å². The van der Waals surface area contributed by atoms with E-state index in [1.807, 2.05) is 11.0 Å². The number of hydrogen-bond acceptors (Lipinski definition) is 7. The van der Waals surface area contributed by atoms with E-state index < -0.39 is 16.0 Å². The Morgan fingerprint density at radius 1 is 1.22 bits per heavy atom. The summed E-state index contributed by atoms with van der Waals surface area (Å²) in [6.45, 7) is 0.963. The van der Waals surface area contributed by atoms with Gasteiger partial charge in [-0.25, -0.2) is 22.9 Å². The zero-order valence-corrected chi connectivity index (χ0v) is 19.6. The molecule has 2 N–H and O–H groups in total. The Kier molecular flexibility index (Phi) is 7.14. The molecule has 2 aromatic rings. The number of anilines is 1. The van der Waals surface area contributed by atoms with Crippen LogP contribution in [0.1, 0.15) is 54.1 Å². The Hall–Kier alpha value is -2.01. The van der Waals surface area contributed by atoms with E-state index in [2.05, 4.69) is 34.0 Å². The summed E-state index contributed by atoms with van der Waals surface area (Å²) in [6.07, 6.45) is 6.00. The fourth-order valence-corrected chi connectivity index (χ4v) is 6.44. The van der Waals surface area contributed by atoms with Gasteiger partial charge in [0.1, 0.15) is 0 Å². The first-order valence-electron chi connectivity index (χ1n) is 10.9. The van der Waals surface area contributed by atoms with Crippen LogP contribution in [0.5, 0.6) is 0 Å². The lowest BCUT2D eigenvalue weighted by molar-refractivity contribution is 0.0157. The number of aromatic carboxylic acids is 1. The normalized spacial score (nSPS) is 26.3. The van der Waals surface area contributed by atoms with Crippen LogP contribution in [-0.2, 0) is 14.8 Å². The van der Waals surface area contributed by atoms with Crippen molar-refractivity contribution in [3.05, 3.63) is 47.0 Å². The second-order valence-electron chi connectivity index (χ2n) is 8.58. The van der Waals surface area contributed by atoms with E-state index >= 15 is 0 Å². The van der Waals surface area contributed by atoms with E-state index in [-0.39, 0.29) is 23.9 Å². The highest BCUT2D eigenvalue weighted by atomic mass is 32.2. The molecule has 32 heavy (non-hydrogen) atoms. The SMILES string of the molecule is CS(=O)(=O)N[C@H]1CCN(c2nc(C(=O)O)cs2)[C@H]1COC1CCC(c2ccccc2)CC1. The van der Waals surface area contributed by atoms with Crippen molar-refractivity contribution in [3.8, 4) is 0 Å². The molecular weight excluding hydrogens is 450 g/mol. The van der Waals surface area contributed by atoms with Gasteiger partial charge in [-0.2, -0.15) is 0 Å². The first-order chi connectivity index (χ1) is 15.3. The molecule has 0 bridgehead atoms. The van der Waals surface area contributed by atoms with E-state index in [1.54, 1.807) is 0 Å². The fourth-order valence-electron chi connectivity index (χ4n) is 4.73. The third kappa shape index (κ3) is 5.67. The number of benzene rings is 1. The summed E-state index contributed by atoms with van der Waals surface area (Å²) in [6, 6.07) is 10.0. The molecule has 2 heterocycles. The molecule has 174 valence electrons. The van der Waals surface area contributed by atoms with Gasteiger partial charge in [-0.15, -0.1) is 11.3 Å². The summed E-state index contributed by atoms with van der Waals surface area (Å²) in [4.78, 5) is 17.4. The number of ether oxygens (including phenoxy) is 1. The van der Waals surface area contributed by atoms with Gasteiger partial charge in [0.25, 0.3) is 0 Å². The largest absolute Gasteiger partial charge is 0.476 e. The van der Waals surface area contributed by atoms with Crippen LogP contribution < -0.4 is 9.62 Å². The molecule has 8 nitrogen and oxygen atoms in total. The maximum absolute atomic E-state index is 11.9. The van der Waals surface area contributed by atoms with E-state index in [1.165, 1.54) is 22.3 Å². The van der Waals surface area contributed by atoms with Crippen LogP contribution in [-0.4, -0.2) is 62.1 Å². The quantitative estimate of drug-likeness (QED) is 0.599. The summed E-state index contributed by atoms with van der Waals surface area (Å²) in [5, 5.41) is 11.3. The van der Waals surface area contributed by atoms with Gasteiger partial charge in [-0.1, -0.05) is 30.3 Å². The summed E-state index contributed by atoms with van der Waals surface area (Å²) in [5.41, 5.74) is 1.38. The lowest BCUT2D eigenvalue weighted by atomic mass is 9.83. The number of carboxylic acids is 1. The molecule has 0 radical (unpaired) electrons. The molecular formula is C22H29N3O5S2. The van der Waals surface area contributed by atoms with Gasteiger partial charge in [0.15, 0.2) is 10.8 Å². The number of carboxylic acid groups (broad SMARTS) is 1. The molecule has 1 aromatic heterocycles. The average molecular weight is 480 g/mol. The Labute approximate surface area is 192 Å². The third-order valence-corrected chi connectivity index (χ3v) is 7.92. The van der Waals surface area contributed by atoms with E-state index in [9.17, 15) is 18.3 Å². The van der Waals surface area contributed by atoms with Crippen LogP contribution in [0, 0.1) is 0 Å². The highest BCUT2D eigenvalue weighted by Gasteiger charge is 2.38. The van der Waals surface area contributed by atoms with Crippen molar-refractivity contribution < 1.29 is 23.1 Å². The van der Waals surface area contributed by atoms with Gasteiger partial charge >= 0.3 is 5.97 Å². The summed E-state index contributed by atoms with van der Waals surface area (Å²) < 4.78 is 32.8. The number of carbonyl (C=O) groups is 1. The summed E-state index contributed by atoms with van der Waals surface area (Å²) in [5.74, 6) is -0.510. The maximum Gasteiger partial charge on any atom is 0.355 e. The Morgan fingerprint density at radius 2 is 1.94 bits per heavy atom. The smallest absolute Gasteiger partial charge is 0.355 e. The Morgan fingerprint density at radius 3 is 2.56 bits per heavy atom. The molecule has 1 saturated heterocycles. The van der Waals surface area contributed by atoms with Crippen molar-refractivity contribution >= 4 is 32.5 Å². The fraction of sp³-hybridized carbons (Fsp3) is 0.545. The minimum Gasteiger partial charge on any atom is -0.476 e. The Bertz CT molecular complexity index is 1020. The number of sulfonamides is 1. The van der Waals surface area contributed by atoms with Crippen LogP contribution >= 0.6 is 11.3 Å². The molecule has 0 amide bonds. The van der Waals surface area contributed by atoms with Gasteiger partial charge in [0.2, 0.25) is 10.0 Å². The minimum atomic E-state index is -3.38. The van der Waals surface area contributed by atoms with E-state index in [0.717, 1.165) is 31.9 Å². The molecule has 2 fully saturated rings. The zero-order chi connectivity index (χ0) is 22.7. The van der Waals surface area contributed by atoms with Crippen molar-refractivity contribution in [1.29, 1.82) is 0 Å². The molecule has 2 atom stereocenters. The second kappa shape index (κ2) is 9.86. The van der Waals surface area contributed by atoms with Crippen molar-refractivity contribution in [2.75, 3.05) is 24.3 Å². The standard InChI is InChI=1S/C22H29N3O5S2/c1-32(28,29)24-18-11-12-25(22-23-19(14-31-22)21(26)27)20(18)13-30-17-9-7-16(8-10-17)15-5-3-2-4-6-15/h2-6,14,16-18,20,24H,7-13H2,1H3,(H,26,27)/t16?,17?,18-,20-/m0/s1. The lowest BCUT2D eigenvalue weighted by Gasteiger charge is -2.32. The molecule has 1 aliphatic carbocycles. The second-order valence-corrected chi connectivity index (χ2v) is 11.2. The maximum atomic E-state index is 11.9. The van der Waals surface area contributed by atoms with E-state index in [4.69, 9.17) is 4.74 Å². The minimum absolute atomic E-state index is 0.00317. The van der Waals surface area contributed by atoms with Crippen molar-refractivity contribution in [2.45, 2.75) is 56.2 Å². The summed E-state index contributed by atoms with van der Waals surface area (Å²) in [7, 11) is -3.38. The lowest BCUT2D eigenvalue weighted by Crippen LogP contribution is -2.48. The molecule has 10 heteroatoms. The van der Waals surface area contributed by atoms with E-state index in [0.29, 0.717) is 30.6 Å². The van der Waals surface area contributed by atoms with Gasteiger partial charge < -0.3 is 14.7 Å². The molecule has 1 saturated carbocycles. The highest BCUT2D eigenvalue weighted by Crippen LogP contribution is 2.35. The van der Waals surface area contributed by atoms with Gasteiger partial charge in [0.05, 0.1) is 25.0 Å². The molecule has 1 aliphatic heterocycles. The number of nitrogens with one attached hydrogen (secondary N) is 1. The number of nitrogens with zero attached hydrogens (tertiary/aromatic N) is 2. The molecule has 1 aromatic carbocycles. The monoisotopic (exact) mass is 479 g/mol. The van der Waals surface area contributed by atoms with Gasteiger partial charge in [-0.3, -0.25) is 0 Å². The third-order valence-electron chi connectivity index (χ3n) is 6.32. The van der Waals surface area contributed by atoms with Crippen molar-refractivity contribution in [2.24, 2.45) is 0 Å². The van der Waals surface area contributed by atoms with Crippen LogP contribution in [0.15, 0.2) is 35.7 Å². The zero-order valence-electron chi connectivity index (χ0n) is 18.0. The number of aromatic nitrogens is 1. The number of thiazole rings is 1. The van der Waals surface area contributed by atoms with Crippen LogP contribution in [0.25, 0.3) is 0 Å². The topological polar surface area (TPSA) is 109 Å². The Balaban J connectivity index is 1.40. The number of hydrogen-bond donors (Lipinski definition) is 2. The predicted molar refractivity (Wildman–Crippen MR) is 124 cm³/mol.